The first-order valence-electron chi connectivity index (χ1n) is 13.5. The Kier molecular flexibility index (Phi) is 9.23. The van der Waals surface area contributed by atoms with Gasteiger partial charge in [0.1, 0.15) is 7.14 Å². The Balaban J connectivity index is 1.62. The smallest absolute Gasteiger partial charge is 0.149 e. The van der Waals surface area contributed by atoms with Gasteiger partial charge in [0.25, 0.3) is 0 Å². The molecule has 5 aromatic carbocycles. The van der Waals surface area contributed by atoms with Gasteiger partial charge in [-0.2, -0.15) is 0 Å². The normalized spacial score (nSPS) is 13.2. The van der Waals surface area contributed by atoms with E-state index >= 15 is 4.57 Å². The van der Waals surface area contributed by atoms with Gasteiger partial charge < -0.3 is 9.67 Å². The minimum Gasteiger partial charge on any atom is -0.392 e. The maximum Gasteiger partial charge on any atom is 0.149 e. The van der Waals surface area contributed by atoms with Crippen LogP contribution in [0.1, 0.15) is 12.0 Å². The Morgan fingerprint density at radius 2 is 0.949 bits per heavy atom. The maximum atomic E-state index is 15.6. The van der Waals surface area contributed by atoms with Crippen molar-refractivity contribution in [1.29, 1.82) is 0 Å². The fourth-order valence-corrected chi connectivity index (χ4v) is 12.0. The third-order valence-electron chi connectivity index (χ3n) is 7.27. The summed E-state index contributed by atoms with van der Waals surface area (Å²) in [5.74, 6) is 0. The molecular weight excluding hydrogens is 514 g/mol. The molecule has 0 radical (unpaired) electrons. The number of hydrogen-bond acceptors (Lipinski definition) is 2. The lowest BCUT2D eigenvalue weighted by Crippen LogP contribution is -2.38. The quantitative estimate of drug-likeness (QED) is 0.192. The zero-order chi connectivity index (χ0) is 26.9. The Morgan fingerprint density at radius 1 is 0.564 bits per heavy atom. The topological polar surface area (TPSA) is 37.3 Å². The van der Waals surface area contributed by atoms with Crippen LogP contribution >= 0.6 is 15.1 Å². The largest absolute Gasteiger partial charge is 0.392 e. The molecular formula is C35H34O2P2. The van der Waals surface area contributed by atoms with Gasteiger partial charge in [-0.3, -0.25) is 0 Å². The zero-order valence-corrected chi connectivity index (χ0v) is 23.7. The molecule has 0 amide bonds. The van der Waals surface area contributed by atoms with Crippen molar-refractivity contribution in [3.8, 4) is 0 Å². The van der Waals surface area contributed by atoms with Crippen molar-refractivity contribution in [2.24, 2.45) is 0 Å². The average molecular weight is 549 g/mol. The van der Waals surface area contributed by atoms with Crippen LogP contribution in [0, 0.1) is 0 Å². The van der Waals surface area contributed by atoms with E-state index in [1.807, 2.05) is 91.0 Å². The van der Waals surface area contributed by atoms with E-state index in [4.69, 9.17) is 0 Å². The summed E-state index contributed by atoms with van der Waals surface area (Å²) < 4.78 is 15.6. The fraction of sp³-hybridized carbons (Fsp3) is 0.143. The van der Waals surface area contributed by atoms with Crippen LogP contribution in [0.4, 0.5) is 0 Å². The Hall–Kier alpha value is -3.28. The van der Waals surface area contributed by atoms with Crippen molar-refractivity contribution in [2.45, 2.75) is 24.6 Å². The van der Waals surface area contributed by atoms with Gasteiger partial charge in [0.15, 0.2) is 0 Å². The standard InChI is InChI=1S/C35H34O2P2/c36-34(27-26-29-16-6-1-7-17-29)35(28-38(30-18-8-2-9-19-30)31-20-10-3-11-21-31)39(37,32-22-12-4-13-23-32)33-24-14-5-15-25-33/h1-25,34-36H,26-28H2/t34-,35+/m1/s1. The molecule has 39 heavy (non-hydrogen) atoms. The van der Waals surface area contributed by atoms with E-state index in [9.17, 15) is 5.11 Å². The lowest BCUT2D eigenvalue weighted by Gasteiger charge is -2.35. The molecule has 0 aliphatic heterocycles. The minimum absolute atomic E-state index is 0.447. The van der Waals surface area contributed by atoms with Crippen molar-refractivity contribution in [2.75, 3.05) is 6.16 Å². The summed E-state index contributed by atoms with van der Waals surface area (Å²) in [6.45, 7) is 0. The highest BCUT2D eigenvalue weighted by Gasteiger charge is 2.42. The van der Waals surface area contributed by atoms with Crippen LogP contribution < -0.4 is 21.2 Å². The Bertz CT molecular complexity index is 1380. The van der Waals surface area contributed by atoms with E-state index in [1.54, 1.807) is 0 Å². The van der Waals surface area contributed by atoms with Crippen LogP contribution in [0.15, 0.2) is 152 Å². The van der Waals surface area contributed by atoms with E-state index in [0.29, 0.717) is 12.6 Å². The molecule has 2 atom stereocenters. The molecule has 4 heteroatoms. The van der Waals surface area contributed by atoms with Gasteiger partial charge in [-0.15, -0.1) is 0 Å². The van der Waals surface area contributed by atoms with Crippen LogP contribution in [0.3, 0.4) is 0 Å². The Morgan fingerprint density at radius 3 is 1.38 bits per heavy atom. The molecule has 0 aromatic heterocycles. The van der Waals surface area contributed by atoms with Gasteiger partial charge in [-0.1, -0.05) is 152 Å². The molecule has 5 rings (SSSR count). The Labute approximate surface area is 233 Å². The lowest BCUT2D eigenvalue weighted by atomic mass is 10.1. The molecule has 0 aliphatic carbocycles. The molecule has 0 aliphatic rings. The zero-order valence-electron chi connectivity index (χ0n) is 22.0. The van der Waals surface area contributed by atoms with Crippen molar-refractivity contribution in [1.82, 2.24) is 0 Å². The van der Waals surface area contributed by atoms with Crippen LogP contribution in [0.25, 0.3) is 0 Å². The fourth-order valence-electron chi connectivity index (χ4n) is 5.22. The second-order valence-corrected chi connectivity index (χ2v) is 15.0. The van der Waals surface area contributed by atoms with Gasteiger partial charge in [-0.25, -0.2) is 0 Å². The lowest BCUT2D eigenvalue weighted by molar-refractivity contribution is 0.164. The summed E-state index contributed by atoms with van der Waals surface area (Å²) in [6, 6.07) is 50.9. The van der Waals surface area contributed by atoms with Gasteiger partial charge in [0.2, 0.25) is 0 Å². The molecule has 0 heterocycles. The molecule has 0 saturated carbocycles. The van der Waals surface area contributed by atoms with Gasteiger partial charge in [0, 0.05) is 10.6 Å². The first kappa shape index (κ1) is 27.3. The van der Waals surface area contributed by atoms with Crippen molar-refractivity contribution < 1.29 is 9.67 Å². The SMILES string of the molecule is O=P(c1ccccc1)(c1ccccc1)[C@@H](CP(c1ccccc1)c1ccccc1)[C@H](O)CCc1ccccc1. The molecule has 1 N–H and O–H groups in total. The monoisotopic (exact) mass is 548 g/mol. The van der Waals surface area contributed by atoms with E-state index in [2.05, 4.69) is 60.7 Å². The maximum absolute atomic E-state index is 15.6. The third-order valence-corrected chi connectivity index (χ3v) is 13.7. The van der Waals surface area contributed by atoms with Gasteiger partial charge in [-0.05, 0) is 43.1 Å². The van der Waals surface area contributed by atoms with Crippen LogP contribution in [0.5, 0.6) is 0 Å². The van der Waals surface area contributed by atoms with Crippen LogP contribution in [-0.2, 0) is 11.0 Å². The molecule has 0 bridgehead atoms. The minimum atomic E-state index is -3.24. The van der Waals surface area contributed by atoms with Gasteiger partial charge in [0.05, 0.1) is 11.8 Å². The number of aryl methyl sites for hydroxylation is 1. The van der Waals surface area contributed by atoms with Crippen molar-refractivity contribution in [3.63, 3.8) is 0 Å². The third kappa shape index (κ3) is 6.48. The highest BCUT2D eigenvalue weighted by Crippen LogP contribution is 2.54. The second kappa shape index (κ2) is 13.2. The highest BCUT2D eigenvalue weighted by atomic mass is 31.2. The van der Waals surface area contributed by atoms with Crippen LogP contribution in [0.2, 0.25) is 0 Å². The summed E-state index contributed by atoms with van der Waals surface area (Å²) in [7, 11) is -4.11. The number of benzene rings is 5. The number of hydrogen-bond donors (Lipinski definition) is 1. The summed E-state index contributed by atoms with van der Waals surface area (Å²) in [5, 5.41) is 16.1. The molecule has 0 unspecified atom stereocenters. The predicted octanol–water partition coefficient (Wildman–Crippen LogP) is 6.50. The number of rotatable bonds is 11. The van der Waals surface area contributed by atoms with Crippen molar-refractivity contribution in [3.05, 3.63) is 157 Å². The predicted molar refractivity (Wildman–Crippen MR) is 168 cm³/mol. The first-order valence-corrected chi connectivity index (χ1v) is 16.8. The average Bonchev–Trinajstić information content (AvgIpc) is 3.02. The first-order chi connectivity index (χ1) is 19.2. The summed E-state index contributed by atoms with van der Waals surface area (Å²) in [6.07, 6.45) is 1.16. The highest BCUT2D eigenvalue weighted by molar-refractivity contribution is 7.81. The van der Waals surface area contributed by atoms with E-state index in [1.165, 1.54) is 16.2 Å². The molecule has 0 spiro atoms. The van der Waals surface area contributed by atoms with E-state index in [0.717, 1.165) is 17.0 Å². The van der Waals surface area contributed by atoms with E-state index < -0.39 is 26.8 Å². The number of aliphatic hydroxyl groups excluding tert-OH is 1. The summed E-state index contributed by atoms with van der Waals surface area (Å²) >= 11 is 0. The molecule has 2 nitrogen and oxygen atoms in total. The molecule has 196 valence electrons. The van der Waals surface area contributed by atoms with Crippen molar-refractivity contribution >= 4 is 36.3 Å². The summed E-state index contributed by atoms with van der Waals surface area (Å²) in [4.78, 5) is 0. The summed E-state index contributed by atoms with van der Waals surface area (Å²) in [5.41, 5.74) is 0.732. The second-order valence-electron chi connectivity index (χ2n) is 9.77. The van der Waals surface area contributed by atoms with Crippen LogP contribution in [-0.4, -0.2) is 23.0 Å². The number of aliphatic hydroxyl groups is 1. The van der Waals surface area contributed by atoms with E-state index in [-0.39, 0.29) is 0 Å². The molecule has 0 saturated heterocycles. The molecule has 0 fully saturated rings. The van der Waals surface area contributed by atoms with Gasteiger partial charge >= 0.3 is 0 Å². The molecule has 5 aromatic rings.